The number of hydrogen-bond acceptors (Lipinski definition) is 4. The minimum atomic E-state index is -0.773. The number of esters is 1. The molecule has 0 aliphatic rings. The molecule has 0 radical (unpaired) electrons. The van der Waals surface area contributed by atoms with Gasteiger partial charge in [-0.05, 0) is 31.0 Å². The van der Waals surface area contributed by atoms with Crippen molar-refractivity contribution in [3.8, 4) is 0 Å². The van der Waals surface area contributed by atoms with Gasteiger partial charge < -0.3 is 15.2 Å². The van der Waals surface area contributed by atoms with Gasteiger partial charge in [0.1, 0.15) is 5.82 Å². The molecule has 0 aliphatic carbocycles. The number of methoxy groups -OCH3 is 1. The lowest BCUT2D eigenvalue weighted by Gasteiger charge is -2.21. The number of rotatable bonds is 6. The van der Waals surface area contributed by atoms with Crippen molar-refractivity contribution >= 4 is 5.97 Å². The Labute approximate surface area is 112 Å². The van der Waals surface area contributed by atoms with Crippen molar-refractivity contribution in [2.75, 3.05) is 13.7 Å². The smallest absolute Gasteiger partial charge is 0.340 e. The molecule has 2 N–H and O–H groups in total. The Balaban J connectivity index is 2.62. The summed E-state index contributed by atoms with van der Waals surface area (Å²) in [5.41, 5.74) is -0.145. The van der Waals surface area contributed by atoms with E-state index in [1.54, 1.807) is 13.0 Å². The second kappa shape index (κ2) is 6.63. The molecule has 0 saturated carbocycles. The number of hydrogen-bond donors (Lipinski definition) is 2. The molecule has 106 valence electrons. The van der Waals surface area contributed by atoms with Crippen LogP contribution >= 0.6 is 0 Å². The minimum Gasteiger partial charge on any atom is -0.465 e. The number of aliphatic hydroxyl groups is 1. The van der Waals surface area contributed by atoms with E-state index in [2.05, 4.69) is 10.1 Å². The van der Waals surface area contributed by atoms with E-state index in [4.69, 9.17) is 0 Å². The highest BCUT2D eigenvalue weighted by molar-refractivity contribution is 5.89. The van der Waals surface area contributed by atoms with Gasteiger partial charge in [0.05, 0.1) is 18.3 Å². The second-order valence-electron chi connectivity index (χ2n) is 4.76. The van der Waals surface area contributed by atoms with Crippen molar-refractivity contribution in [1.29, 1.82) is 0 Å². The lowest BCUT2D eigenvalue weighted by molar-refractivity contribution is 0.0555. The molecule has 0 heterocycles. The zero-order chi connectivity index (χ0) is 14.5. The SMILES string of the molecule is CCC(C)(O)CNCc1ccc(C(=O)OC)c(F)c1. The Morgan fingerprint density at radius 1 is 1.53 bits per heavy atom. The molecule has 1 atom stereocenters. The summed E-state index contributed by atoms with van der Waals surface area (Å²) in [4.78, 5) is 11.2. The highest BCUT2D eigenvalue weighted by Crippen LogP contribution is 2.12. The van der Waals surface area contributed by atoms with Crippen LogP contribution in [0.1, 0.15) is 36.2 Å². The van der Waals surface area contributed by atoms with Crippen LogP contribution in [-0.4, -0.2) is 30.3 Å². The zero-order valence-corrected chi connectivity index (χ0v) is 11.5. The third-order valence-corrected chi connectivity index (χ3v) is 3.04. The molecule has 0 aromatic heterocycles. The first kappa shape index (κ1) is 15.6. The van der Waals surface area contributed by atoms with Gasteiger partial charge in [-0.25, -0.2) is 9.18 Å². The van der Waals surface area contributed by atoms with Crippen molar-refractivity contribution in [3.63, 3.8) is 0 Å². The molecular weight excluding hydrogens is 249 g/mol. The van der Waals surface area contributed by atoms with Gasteiger partial charge in [-0.3, -0.25) is 0 Å². The molecule has 1 unspecified atom stereocenters. The normalized spacial score (nSPS) is 13.9. The first-order valence-electron chi connectivity index (χ1n) is 6.19. The Hall–Kier alpha value is -1.46. The highest BCUT2D eigenvalue weighted by Gasteiger charge is 2.17. The average molecular weight is 269 g/mol. The number of nitrogens with one attached hydrogen (secondary N) is 1. The van der Waals surface area contributed by atoms with E-state index in [0.29, 0.717) is 25.1 Å². The summed E-state index contributed by atoms with van der Waals surface area (Å²) in [7, 11) is 1.21. The van der Waals surface area contributed by atoms with Crippen LogP contribution in [0.15, 0.2) is 18.2 Å². The molecule has 0 amide bonds. The van der Waals surface area contributed by atoms with Crippen molar-refractivity contribution in [1.82, 2.24) is 5.32 Å². The fourth-order valence-electron chi connectivity index (χ4n) is 1.55. The van der Waals surface area contributed by atoms with Crippen molar-refractivity contribution in [2.24, 2.45) is 0 Å². The van der Waals surface area contributed by atoms with Crippen molar-refractivity contribution < 1.29 is 19.0 Å². The molecule has 1 aromatic carbocycles. The standard InChI is InChI=1S/C14H20FNO3/c1-4-14(2,18)9-16-8-10-5-6-11(12(15)7-10)13(17)19-3/h5-7,16,18H,4,8-9H2,1-3H3. The number of benzene rings is 1. The van der Waals surface area contributed by atoms with Gasteiger partial charge in [-0.1, -0.05) is 13.0 Å². The lowest BCUT2D eigenvalue weighted by atomic mass is 10.0. The van der Waals surface area contributed by atoms with E-state index in [1.165, 1.54) is 19.2 Å². The summed E-state index contributed by atoms with van der Waals surface area (Å²) < 4.78 is 18.1. The monoisotopic (exact) mass is 269 g/mol. The van der Waals surface area contributed by atoms with Gasteiger partial charge in [0.15, 0.2) is 0 Å². The van der Waals surface area contributed by atoms with Gasteiger partial charge in [-0.2, -0.15) is 0 Å². The first-order valence-corrected chi connectivity index (χ1v) is 6.19. The maximum absolute atomic E-state index is 13.6. The number of halogens is 1. The van der Waals surface area contributed by atoms with Crippen LogP contribution in [0.4, 0.5) is 4.39 Å². The molecule has 0 fully saturated rings. The summed E-state index contributed by atoms with van der Waals surface area (Å²) in [5.74, 6) is -1.29. The van der Waals surface area contributed by atoms with Crippen LogP contribution in [0.25, 0.3) is 0 Å². The van der Waals surface area contributed by atoms with E-state index in [1.807, 2.05) is 6.92 Å². The molecule has 4 nitrogen and oxygen atoms in total. The van der Waals surface area contributed by atoms with Gasteiger partial charge in [0, 0.05) is 13.1 Å². The Kier molecular flexibility index (Phi) is 5.44. The highest BCUT2D eigenvalue weighted by atomic mass is 19.1. The molecule has 1 rings (SSSR count). The van der Waals surface area contributed by atoms with Crippen LogP contribution < -0.4 is 5.32 Å². The van der Waals surface area contributed by atoms with E-state index in [0.717, 1.165) is 0 Å². The molecule has 19 heavy (non-hydrogen) atoms. The van der Waals surface area contributed by atoms with E-state index in [9.17, 15) is 14.3 Å². The molecule has 0 bridgehead atoms. The third kappa shape index (κ3) is 4.61. The number of ether oxygens (including phenoxy) is 1. The quantitative estimate of drug-likeness (QED) is 0.774. The van der Waals surface area contributed by atoms with Crippen molar-refractivity contribution in [3.05, 3.63) is 35.1 Å². The average Bonchev–Trinajstić information content (AvgIpc) is 2.38. The summed E-state index contributed by atoms with van der Waals surface area (Å²) >= 11 is 0. The van der Waals surface area contributed by atoms with Crippen LogP contribution in [0.3, 0.4) is 0 Å². The number of carbonyl (C=O) groups is 1. The van der Waals surface area contributed by atoms with E-state index in [-0.39, 0.29) is 5.56 Å². The Morgan fingerprint density at radius 3 is 2.74 bits per heavy atom. The number of carbonyl (C=O) groups excluding carboxylic acids is 1. The summed E-state index contributed by atoms with van der Waals surface area (Å²) in [6, 6.07) is 4.35. The van der Waals surface area contributed by atoms with Crippen LogP contribution in [-0.2, 0) is 11.3 Å². The largest absolute Gasteiger partial charge is 0.465 e. The maximum Gasteiger partial charge on any atom is 0.340 e. The van der Waals surface area contributed by atoms with Crippen LogP contribution in [0, 0.1) is 5.82 Å². The Bertz CT molecular complexity index is 446. The molecule has 0 saturated heterocycles. The van der Waals surface area contributed by atoms with Crippen molar-refractivity contribution in [2.45, 2.75) is 32.4 Å². The molecular formula is C14H20FNO3. The first-order chi connectivity index (χ1) is 8.89. The second-order valence-corrected chi connectivity index (χ2v) is 4.76. The summed E-state index contributed by atoms with van der Waals surface area (Å²) in [6.45, 7) is 4.48. The van der Waals surface area contributed by atoms with E-state index < -0.39 is 17.4 Å². The molecule has 0 spiro atoms. The van der Waals surface area contributed by atoms with Crippen LogP contribution in [0.2, 0.25) is 0 Å². The summed E-state index contributed by atoms with van der Waals surface area (Å²) in [6.07, 6.45) is 0.635. The summed E-state index contributed by atoms with van der Waals surface area (Å²) in [5, 5.41) is 12.9. The predicted octanol–water partition coefficient (Wildman–Crippen LogP) is 1.86. The van der Waals surface area contributed by atoms with E-state index >= 15 is 0 Å². The Morgan fingerprint density at radius 2 is 2.21 bits per heavy atom. The lowest BCUT2D eigenvalue weighted by Crippen LogP contribution is -2.36. The molecule has 1 aromatic rings. The molecule has 0 aliphatic heterocycles. The van der Waals surface area contributed by atoms with Gasteiger partial charge >= 0.3 is 5.97 Å². The van der Waals surface area contributed by atoms with Crippen LogP contribution in [0.5, 0.6) is 0 Å². The topological polar surface area (TPSA) is 58.6 Å². The zero-order valence-electron chi connectivity index (χ0n) is 11.5. The third-order valence-electron chi connectivity index (χ3n) is 3.04. The molecule has 5 heteroatoms. The predicted molar refractivity (Wildman–Crippen MR) is 70.4 cm³/mol. The van der Waals surface area contributed by atoms with Gasteiger partial charge in [-0.15, -0.1) is 0 Å². The maximum atomic E-state index is 13.6. The fraction of sp³-hybridized carbons (Fsp3) is 0.500. The minimum absolute atomic E-state index is 0.0770. The van der Waals surface area contributed by atoms with Gasteiger partial charge in [0.25, 0.3) is 0 Å². The van der Waals surface area contributed by atoms with Gasteiger partial charge in [0.2, 0.25) is 0 Å². The fourth-order valence-corrected chi connectivity index (χ4v) is 1.55.